The number of hydrogen-bond acceptors (Lipinski definition) is 3. The van der Waals surface area contributed by atoms with Gasteiger partial charge in [-0.1, -0.05) is 17.9 Å². The van der Waals surface area contributed by atoms with Crippen molar-refractivity contribution in [3.8, 4) is 17.9 Å². The Bertz CT molecular complexity index is 564. The van der Waals surface area contributed by atoms with Crippen molar-refractivity contribution in [2.75, 3.05) is 13.2 Å². The highest BCUT2D eigenvalue weighted by Crippen LogP contribution is 2.28. The van der Waals surface area contributed by atoms with E-state index < -0.39 is 0 Å². The van der Waals surface area contributed by atoms with Crippen LogP contribution in [0.25, 0.3) is 0 Å². The summed E-state index contributed by atoms with van der Waals surface area (Å²) in [4.78, 5) is 2.26. The van der Waals surface area contributed by atoms with Crippen molar-refractivity contribution in [3.05, 3.63) is 35.1 Å². The molecule has 3 nitrogen and oxygen atoms in total. The second-order valence-corrected chi connectivity index (χ2v) is 4.88. The van der Waals surface area contributed by atoms with E-state index in [1.54, 1.807) is 12.1 Å². The zero-order chi connectivity index (χ0) is 14.4. The van der Waals surface area contributed by atoms with E-state index in [-0.39, 0.29) is 12.4 Å². The highest BCUT2D eigenvalue weighted by molar-refractivity contribution is 5.38. The lowest BCUT2D eigenvalue weighted by Gasteiger charge is -2.20. The standard InChI is InChI=1S/C16H17FN2O/c17-16-7-4-13(11-14(16)3-1-10-20)12-19(9-2-8-18)15-5-6-15/h4,7,11,15,20H,2,5-6,9-10,12H2. The normalized spacial score (nSPS) is 13.7. The lowest BCUT2D eigenvalue weighted by Crippen LogP contribution is -2.26. The lowest BCUT2D eigenvalue weighted by atomic mass is 10.1. The van der Waals surface area contributed by atoms with Gasteiger partial charge in [0.15, 0.2) is 0 Å². The van der Waals surface area contributed by atoms with E-state index in [0.717, 1.165) is 12.1 Å². The zero-order valence-electron chi connectivity index (χ0n) is 11.3. The molecule has 0 amide bonds. The SMILES string of the molecule is N#CCCN(Cc1ccc(F)c(C#CCO)c1)C1CC1. The van der Waals surface area contributed by atoms with E-state index in [1.165, 1.54) is 18.9 Å². The Kier molecular flexibility index (Phi) is 5.12. The summed E-state index contributed by atoms with van der Waals surface area (Å²) >= 11 is 0. The molecule has 1 saturated carbocycles. The van der Waals surface area contributed by atoms with Crippen LogP contribution in [0.4, 0.5) is 4.39 Å². The molecular formula is C16H17FN2O. The molecule has 0 spiro atoms. The summed E-state index contributed by atoms with van der Waals surface area (Å²) in [7, 11) is 0. The fourth-order valence-electron chi connectivity index (χ4n) is 2.16. The van der Waals surface area contributed by atoms with Crippen molar-refractivity contribution < 1.29 is 9.50 Å². The molecule has 0 aromatic heterocycles. The molecule has 0 heterocycles. The van der Waals surface area contributed by atoms with Crippen LogP contribution < -0.4 is 0 Å². The van der Waals surface area contributed by atoms with E-state index in [4.69, 9.17) is 10.4 Å². The van der Waals surface area contributed by atoms with E-state index >= 15 is 0 Å². The maximum absolute atomic E-state index is 13.6. The third kappa shape index (κ3) is 4.06. The summed E-state index contributed by atoms with van der Waals surface area (Å²) in [6, 6.07) is 7.60. The van der Waals surface area contributed by atoms with E-state index in [1.807, 2.05) is 0 Å². The maximum atomic E-state index is 13.6. The molecule has 2 rings (SSSR count). The third-order valence-electron chi connectivity index (χ3n) is 3.29. The number of hydrogen-bond donors (Lipinski definition) is 1. The Morgan fingerprint density at radius 3 is 2.85 bits per heavy atom. The average molecular weight is 272 g/mol. The monoisotopic (exact) mass is 272 g/mol. The lowest BCUT2D eigenvalue weighted by molar-refractivity contribution is 0.261. The first-order valence-corrected chi connectivity index (χ1v) is 6.73. The highest BCUT2D eigenvalue weighted by atomic mass is 19.1. The molecule has 0 bridgehead atoms. The number of aliphatic hydroxyl groups is 1. The number of benzene rings is 1. The van der Waals surface area contributed by atoms with Crippen LogP contribution in [0, 0.1) is 29.0 Å². The van der Waals surface area contributed by atoms with Crippen LogP contribution in [0.1, 0.15) is 30.4 Å². The molecule has 1 N–H and O–H groups in total. The van der Waals surface area contributed by atoms with Crippen LogP contribution in [0.2, 0.25) is 0 Å². The van der Waals surface area contributed by atoms with Gasteiger partial charge in [0.1, 0.15) is 12.4 Å². The van der Waals surface area contributed by atoms with Crippen LogP contribution in [0.15, 0.2) is 18.2 Å². The van der Waals surface area contributed by atoms with Gasteiger partial charge in [-0.25, -0.2) is 4.39 Å². The van der Waals surface area contributed by atoms with E-state index in [0.29, 0.717) is 24.6 Å². The second kappa shape index (κ2) is 7.05. The Labute approximate surface area is 118 Å². The minimum atomic E-state index is -0.371. The fraction of sp³-hybridized carbons (Fsp3) is 0.438. The molecule has 0 aliphatic heterocycles. The van der Waals surface area contributed by atoms with E-state index in [2.05, 4.69) is 22.8 Å². The predicted octanol–water partition coefficient (Wildman–Crippen LogP) is 2.05. The second-order valence-electron chi connectivity index (χ2n) is 4.88. The van der Waals surface area contributed by atoms with Gasteiger partial charge in [0.2, 0.25) is 0 Å². The molecule has 1 aliphatic rings. The van der Waals surface area contributed by atoms with Crippen LogP contribution in [0.5, 0.6) is 0 Å². The van der Waals surface area contributed by atoms with Crippen LogP contribution in [-0.4, -0.2) is 29.2 Å². The average Bonchev–Trinajstić information content (AvgIpc) is 3.28. The molecule has 1 aliphatic carbocycles. The van der Waals surface area contributed by atoms with Gasteiger partial charge in [0, 0.05) is 25.6 Å². The number of nitrogens with zero attached hydrogens (tertiary/aromatic N) is 2. The Hall–Kier alpha value is -1.88. The van der Waals surface area contributed by atoms with Gasteiger partial charge in [0.25, 0.3) is 0 Å². The summed E-state index contributed by atoms with van der Waals surface area (Å²) in [5, 5.41) is 17.4. The molecule has 4 heteroatoms. The minimum Gasteiger partial charge on any atom is -0.384 e. The van der Waals surface area contributed by atoms with Gasteiger partial charge in [-0.05, 0) is 30.5 Å². The molecular weight excluding hydrogens is 255 g/mol. The number of rotatable bonds is 5. The molecule has 104 valence electrons. The Morgan fingerprint density at radius 1 is 1.40 bits per heavy atom. The summed E-state index contributed by atoms with van der Waals surface area (Å²) in [5.41, 5.74) is 1.30. The Balaban J connectivity index is 2.09. The van der Waals surface area contributed by atoms with Gasteiger partial charge in [-0.15, -0.1) is 0 Å². The third-order valence-corrected chi connectivity index (χ3v) is 3.29. The molecule has 0 radical (unpaired) electrons. The van der Waals surface area contributed by atoms with Crippen LogP contribution in [-0.2, 0) is 6.54 Å². The molecule has 0 atom stereocenters. The molecule has 1 aromatic rings. The molecule has 1 aromatic carbocycles. The van der Waals surface area contributed by atoms with Crippen molar-refractivity contribution in [3.63, 3.8) is 0 Å². The predicted molar refractivity (Wildman–Crippen MR) is 74.0 cm³/mol. The number of halogens is 1. The van der Waals surface area contributed by atoms with Crippen molar-refractivity contribution in [1.29, 1.82) is 5.26 Å². The summed E-state index contributed by atoms with van der Waals surface area (Å²) in [6.45, 7) is 1.18. The maximum Gasteiger partial charge on any atom is 0.138 e. The highest BCUT2D eigenvalue weighted by Gasteiger charge is 2.28. The van der Waals surface area contributed by atoms with Crippen molar-refractivity contribution in [2.24, 2.45) is 0 Å². The van der Waals surface area contributed by atoms with Gasteiger partial charge in [-0.2, -0.15) is 5.26 Å². The van der Waals surface area contributed by atoms with Crippen molar-refractivity contribution in [1.82, 2.24) is 4.90 Å². The van der Waals surface area contributed by atoms with Gasteiger partial charge in [-0.3, -0.25) is 4.90 Å². The molecule has 20 heavy (non-hydrogen) atoms. The topological polar surface area (TPSA) is 47.3 Å². The Morgan fingerprint density at radius 2 is 2.20 bits per heavy atom. The summed E-state index contributed by atoms with van der Waals surface area (Å²) < 4.78 is 13.6. The smallest absolute Gasteiger partial charge is 0.138 e. The van der Waals surface area contributed by atoms with E-state index in [9.17, 15) is 4.39 Å². The minimum absolute atomic E-state index is 0.278. The first-order chi connectivity index (χ1) is 9.74. The first-order valence-electron chi connectivity index (χ1n) is 6.73. The van der Waals surface area contributed by atoms with Gasteiger partial charge in [0.05, 0.1) is 11.6 Å². The fourth-order valence-corrected chi connectivity index (χ4v) is 2.16. The molecule has 0 unspecified atom stereocenters. The number of nitriles is 1. The zero-order valence-corrected chi connectivity index (χ0v) is 11.3. The molecule has 0 saturated heterocycles. The largest absolute Gasteiger partial charge is 0.384 e. The summed E-state index contributed by atoms with van der Waals surface area (Å²) in [6.07, 6.45) is 2.85. The van der Waals surface area contributed by atoms with Crippen LogP contribution in [0.3, 0.4) is 0 Å². The quantitative estimate of drug-likeness (QED) is 0.834. The summed E-state index contributed by atoms with van der Waals surface area (Å²) in [5.74, 6) is 4.71. The van der Waals surface area contributed by atoms with Gasteiger partial charge < -0.3 is 5.11 Å². The van der Waals surface area contributed by atoms with Gasteiger partial charge >= 0.3 is 0 Å². The number of aliphatic hydroxyl groups excluding tert-OH is 1. The van der Waals surface area contributed by atoms with Crippen molar-refractivity contribution in [2.45, 2.75) is 31.8 Å². The molecule has 1 fully saturated rings. The van der Waals surface area contributed by atoms with Crippen LogP contribution >= 0.6 is 0 Å². The van der Waals surface area contributed by atoms with Crippen molar-refractivity contribution >= 4 is 0 Å². The first kappa shape index (κ1) is 14.5.